The molecule has 0 spiro atoms. The van der Waals surface area contributed by atoms with Crippen LogP contribution < -0.4 is 5.32 Å². The molecule has 3 heterocycles. The second-order valence-corrected chi connectivity index (χ2v) is 12.4. The summed E-state index contributed by atoms with van der Waals surface area (Å²) in [5, 5.41) is 5.99. The first-order valence-corrected chi connectivity index (χ1v) is 15.0. The van der Waals surface area contributed by atoms with Crippen molar-refractivity contribution in [2.24, 2.45) is 0 Å². The lowest BCUT2D eigenvalue weighted by Gasteiger charge is -2.26. The van der Waals surface area contributed by atoms with E-state index >= 15 is 0 Å². The lowest BCUT2D eigenvalue weighted by Crippen LogP contribution is -2.30. The summed E-state index contributed by atoms with van der Waals surface area (Å²) in [5.41, 5.74) is 3.54. The van der Waals surface area contributed by atoms with Gasteiger partial charge in [0.25, 0.3) is 0 Å². The zero-order chi connectivity index (χ0) is 24.2. The predicted octanol–water partition coefficient (Wildman–Crippen LogP) is 8.38. The fourth-order valence-corrected chi connectivity index (χ4v) is 7.80. The maximum atomic E-state index is 12.9. The van der Waals surface area contributed by atoms with Gasteiger partial charge in [-0.2, -0.15) is 0 Å². The molecule has 0 aliphatic carbocycles. The van der Waals surface area contributed by atoms with Crippen molar-refractivity contribution in [3.63, 3.8) is 0 Å². The van der Waals surface area contributed by atoms with Crippen molar-refractivity contribution in [2.75, 3.05) is 24.2 Å². The summed E-state index contributed by atoms with van der Waals surface area (Å²) in [4.78, 5) is 23.0. The van der Waals surface area contributed by atoms with Crippen LogP contribution in [-0.4, -0.2) is 34.6 Å². The molecule has 0 bridgehead atoms. The molecule has 5 rings (SSSR count). The van der Waals surface area contributed by atoms with Gasteiger partial charge in [-0.1, -0.05) is 30.7 Å². The molecule has 1 N–H and O–H groups in total. The SMILES string of the molecule is CCCN1CCc2c(sc(NC(=O)CCCSc3ccc(Cl)cc3)c2-c2nc3ccccc3s2)C1.Cl. The number of thiophene rings is 1. The molecule has 9 heteroatoms. The first kappa shape index (κ1) is 27.4. The van der Waals surface area contributed by atoms with Gasteiger partial charge in [0, 0.05) is 39.9 Å². The summed E-state index contributed by atoms with van der Waals surface area (Å²) >= 11 is 11.2. The van der Waals surface area contributed by atoms with Crippen molar-refractivity contribution in [3.05, 3.63) is 64.0 Å². The highest BCUT2D eigenvalue weighted by molar-refractivity contribution is 7.99. The van der Waals surface area contributed by atoms with Gasteiger partial charge in [0.15, 0.2) is 0 Å². The average molecular weight is 579 g/mol. The minimum absolute atomic E-state index is 0. The molecule has 0 saturated carbocycles. The predicted molar refractivity (Wildman–Crippen MR) is 159 cm³/mol. The third-order valence-corrected chi connectivity index (χ3v) is 9.60. The Bertz CT molecular complexity index is 1290. The summed E-state index contributed by atoms with van der Waals surface area (Å²) in [5.74, 6) is 0.972. The molecule has 190 valence electrons. The number of halogens is 2. The highest BCUT2D eigenvalue weighted by Crippen LogP contribution is 2.45. The highest BCUT2D eigenvalue weighted by Gasteiger charge is 2.27. The van der Waals surface area contributed by atoms with Crippen molar-refractivity contribution in [2.45, 2.75) is 44.0 Å². The maximum Gasteiger partial charge on any atom is 0.225 e. The lowest BCUT2D eigenvalue weighted by atomic mass is 10.0. The lowest BCUT2D eigenvalue weighted by molar-refractivity contribution is -0.116. The molecule has 0 unspecified atom stereocenters. The van der Waals surface area contributed by atoms with Gasteiger partial charge in [0.05, 0.1) is 10.2 Å². The monoisotopic (exact) mass is 577 g/mol. The average Bonchev–Trinajstić information content (AvgIpc) is 3.43. The number of aromatic nitrogens is 1. The van der Waals surface area contributed by atoms with Gasteiger partial charge in [-0.3, -0.25) is 9.69 Å². The number of fused-ring (bicyclic) bond motifs is 2. The molecule has 4 aromatic rings. The van der Waals surface area contributed by atoms with Crippen LogP contribution in [0.4, 0.5) is 5.00 Å². The quantitative estimate of drug-likeness (QED) is 0.160. The number of thioether (sulfide) groups is 1. The number of carbonyl (C=O) groups is 1. The minimum Gasteiger partial charge on any atom is -0.317 e. The van der Waals surface area contributed by atoms with Crippen molar-refractivity contribution in [1.82, 2.24) is 9.88 Å². The van der Waals surface area contributed by atoms with Crippen LogP contribution in [0.15, 0.2) is 53.4 Å². The number of anilines is 1. The number of para-hydroxylation sites is 1. The van der Waals surface area contributed by atoms with E-state index in [4.69, 9.17) is 16.6 Å². The minimum atomic E-state index is 0. The van der Waals surface area contributed by atoms with E-state index in [-0.39, 0.29) is 18.3 Å². The fourth-order valence-electron chi connectivity index (χ4n) is 4.40. The van der Waals surface area contributed by atoms with E-state index in [1.165, 1.54) is 20.0 Å². The van der Waals surface area contributed by atoms with Crippen LogP contribution in [-0.2, 0) is 17.8 Å². The number of hydrogen-bond acceptors (Lipinski definition) is 6. The number of amides is 1. The van der Waals surface area contributed by atoms with E-state index in [0.717, 1.165) is 70.8 Å². The van der Waals surface area contributed by atoms with E-state index in [0.29, 0.717) is 6.42 Å². The van der Waals surface area contributed by atoms with Crippen molar-refractivity contribution in [1.29, 1.82) is 0 Å². The molecule has 0 fully saturated rings. The number of benzene rings is 2. The van der Waals surface area contributed by atoms with Crippen LogP contribution >= 0.6 is 58.4 Å². The number of hydrogen-bond donors (Lipinski definition) is 1. The molecule has 1 amide bonds. The molecule has 2 aromatic heterocycles. The van der Waals surface area contributed by atoms with Crippen LogP contribution in [0.3, 0.4) is 0 Å². The van der Waals surface area contributed by atoms with Crippen molar-refractivity contribution in [3.8, 4) is 10.6 Å². The smallest absolute Gasteiger partial charge is 0.225 e. The number of thiazole rings is 1. The molecule has 36 heavy (non-hydrogen) atoms. The van der Waals surface area contributed by atoms with E-state index in [2.05, 4.69) is 35.3 Å². The zero-order valence-electron chi connectivity index (χ0n) is 20.1. The Labute approximate surface area is 235 Å². The summed E-state index contributed by atoms with van der Waals surface area (Å²) < 4.78 is 1.18. The van der Waals surface area contributed by atoms with Gasteiger partial charge in [-0.25, -0.2) is 4.98 Å². The molecular weight excluding hydrogens is 549 g/mol. The molecule has 0 saturated heterocycles. The van der Waals surface area contributed by atoms with Crippen LogP contribution in [0, 0.1) is 0 Å². The Hall–Kier alpha value is -1.61. The van der Waals surface area contributed by atoms with Crippen LogP contribution in [0.1, 0.15) is 36.6 Å². The number of carbonyl (C=O) groups excluding carboxylic acids is 1. The van der Waals surface area contributed by atoms with Crippen LogP contribution in [0.2, 0.25) is 5.02 Å². The normalized spacial score (nSPS) is 13.4. The van der Waals surface area contributed by atoms with Crippen LogP contribution in [0.25, 0.3) is 20.8 Å². The summed E-state index contributed by atoms with van der Waals surface area (Å²) in [6.07, 6.45) is 3.49. The van der Waals surface area contributed by atoms with Gasteiger partial charge in [-0.05, 0) is 73.5 Å². The molecular formula is C27H29Cl2N3OS3. The first-order chi connectivity index (χ1) is 17.1. The van der Waals surface area contributed by atoms with E-state index < -0.39 is 0 Å². The summed E-state index contributed by atoms with van der Waals surface area (Å²) in [6.45, 7) is 5.36. The Kier molecular flexibility index (Phi) is 9.72. The van der Waals surface area contributed by atoms with Gasteiger partial charge in [-0.15, -0.1) is 46.8 Å². The molecule has 0 radical (unpaired) electrons. The van der Waals surface area contributed by atoms with Crippen molar-refractivity contribution < 1.29 is 4.79 Å². The number of rotatable bonds is 9. The van der Waals surface area contributed by atoms with Gasteiger partial charge < -0.3 is 5.32 Å². The summed E-state index contributed by atoms with van der Waals surface area (Å²) in [6, 6.07) is 16.1. The topological polar surface area (TPSA) is 45.2 Å². The van der Waals surface area contributed by atoms with Crippen LogP contribution in [0.5, 0.6) is 0 Å². The maximum absolute atomic E-state index is 12.9. The molecule has 0 atom stereocenters. The largest absolute Gasteiger partial charge is 0.317 e. The van der Waals surface area contributed by atoms with Gasteiger partial charge in [0.2, 0.25) is 5.91 Å². The molecule has 1 aliphatic heterocycles. The summed E-state index contributed by atoms with van der Waals surface area (Å²) in [7, 11) is 0. The first-order valence-electron chi connectivity index (χ1n) is 12.0. The Morgan fingerprint density at radius 2 is 1.97 bits per heavy atom. The Balaban J connectivity index is 0.00000304. The number of nitrogens with zero attached hydrogens (tertiary/aromatic N) is 2. The third kappa shape index (κ3) is 6.44. The van der Waals surface area contributed by atoms with E-state index in [9.17, 15) is 4.79 Å². The standard InChI is InChI=1S/C27H28ClN3OS3.ClH/c1-2-14-31-15-13-20-23(17-31)35-27(25(20)26-29-21-6-3-4-7-22(21)34-26)30-24(32)8-5-16-33-19-11-9-18(28)10-12-19;/h3-4,6-7,9-12H,2,5,8,13-17H2,1H3,(H,30,32);1H. The Morgan fingerprint density at radius 1 is 1.17 bits per heavy atom. The number of nitrogens with one attached hydrogen (secondary N) is 1. The molecule has 2 aromatic carbocycles. The van der Waals surface area contributed by atoms with Gasteiger partial charge in [0.1, 0.15) is 10.0 Å². The van der Waals surface area contributed by atoms with E-state index in [1.807, 2.05) is 30.3 Å². The zero-order valence-corrected chi connectivity index (χ0v) is 24.1. The third-order valence-electron chi connectivity index (χ3n) is 6.07. The second-order valence-electron chi connectivity index (χ2n) is 8.67. The van der Waals surface area contributed by atoms with Gasteiger partial charge >= 0.3 is 0 Å². The van der Waals surface area contributed by atoms with Crippen molar-refractivity contribution >= 4 is 79.6 Å². The fraction of sp³-hybridized carbons (Fsp3) is 0.333. The van der Waals surface area contributed by atoms with E-state index in [1.54, 1.807) is 34.4 Å². The molecule has 4 nitrogen and oxygen atoms in total. The Morgan fingerprint density at radius 3 is 2.75 bits per heavy atom. The highest BCUT2D eigenvalue weighted by atomic mass is 35.5. The molecule has 1 aliphatic rings. The second kappa shape index (κ2) is 12.8.